The van der Waals surface area contributed by atoms with Crippen molar-refractivity contribution in [2.75, 3.05) is 0 Å². The number of hydrogen-bond donors (Lipinski definition) is 2. The summed E-state index contributed by atoms with van der Waals surface area (Å²) in [6.45, 7) is 11.0. The number of carbonyl (C=O) groups is 1. The second-order valence-electron chi connectivity index (χ2n) is 10.4. The van der Waals surface area contributed by atoms with Crippen molar-refractivity contribution in [1.82, 2.24) is 0 Å². The third-order valence-electron chi connectivity index (χ3n) is 9.58. The Morgan fingerprint density at radius 1 is 1.08 bits per heavy atom. The van der Waals surface area contributed by atoms with E-state index >= 15 is 0 Å². The van der Waals surface area contributed by atoms with Gasteiger partial charge in [0.25, 0.3) is 0 Å². The highest BCUT2D eigenvalue weighted by Crippen LogP contribution is 2.67. The van der Waals surface area contributed by atoms with Crippen LogP contribution in [0.25, 0.3) is 0 Å². The largest absolute Gasteiger partial charge is 0.393 e. The molecule has 0 aromatic carbocycles. The summed E-state index contributed by atoms with van der Waals surface area (Å²) in [4.78, 5) is 13.2. The van der Waals surface area contributed by atoms with E-state index in [9.17, 15) is 15.0 Å². The second-order valence-corrected chi connectivity index (χ2v) is 10.4. The number of ketones is 1. The lowest BCUT2D eigenvalue weighted by Crippen LogP contribution is -2.62. The van der Waals surface area contributed by atoms with Gasteiger partial charge in [0.05, 0.1) is 6.10 Å². The molecule has 0 aromatic heterocycles. The van der Waals surface area contributed by atoms with E-state index in [1.165, 1.54) is 12.8 Å². The number of fused-ring (bicyclic) bond motifs is 5. The molecule has 0 bridgehead atoms. The van der Waals surface area contributed by atoms with Crippen LogP contribution in [0, 0.1) is 46.3 Å². The van der Waals surface area contributed by atoms with Crippen molar-refractivity contribution in [3.8, 4) is 0 Å². The predicted octanol–water partition coefficient (Wildman–Crippen LogP) is 3.98. The first-order valence-corrected chi connectivity index (χ1v) is 10.8. The summed E-state index contributed by atoms with van der Waals surface area (Å²) in [5.41, 5.74) is 0.178. The highest BCUT2D eigenvalue weighted by Gasteiger charge is 2.65. The Bertz CT molecular complexity index is 600. The molecule has 0 amide bonds. The summed E-state index contributed by atoms with van der Waals surface area (Å²) >= 11 is 0. The van der Waals surface area contributed by atoms with E-state index < -0.39 is 6.10 Å². The van der Waals surface area contributed by atoms with Crippen LogP contribution in [0.4, 0.5) is 0 Å². The Labute approximate surface area is 158 Å². The van der Waals surface area contributed by atoms with Gasteiger partial charge >= 0.3 is 0 Å². The minimum Gasteiger partial charge on any atom is -0.393 e. The Morgan fingerprint density at radius 3 is 2.42 bits per heavy atom. The van der Waals surface area contributed by atoms with Gasteiger partial charge in [-0.05, 0) is 85.4 Å². The van der Waals surface area contributed by atoms with Gasteiger partial charge in [0.15, 0.2) is 5.78 Å². The first kappa shape index (κ1) is 18.7. The lowest BCUT2D eigenvalue weighted by molar-refractivity contribution is -0.184. The van der Waals surface area contributed by atoms with E-state index in [0.717, 1.165) is 25.7 Å². The summed E-state index contributed by atoms with van der Waals surface area (Å²) in [7, 11) is 0. The number of allylic oxidation sites excluding steroid dienone is 1. The average Bonchev–Trinajstić information content (AvgIpc) is 2.97. The van der Waals surface area contributed by atoms with E-state index in [-0.39, 0.29) is 34.6 Å². The molecule has 0 radical (unpaired) electrons. The van der Waals surface area contributed by atoms with Crippen LogP contribution in [-0.4, -0.2) is 28.2 Å². The molecule has 0 aliphatic heterocycles. The highest BCUT2D eigenvalue weighted by atomic mass is 16.3. The number of Topliss-reactive ketones (excluding diaryl/α,β-unsaturated/α-hetero) is 1. The molecule has 0 spiro atoms. The minimum absolute atomic E-state index is 0.0250. The summed E-state index contributed by atoms with van der Waals surface area (Å²) < 4.78 is 0. The third kappa shape index (κ3) is 2.35. The van der Waals surface area contributed by atoms with Crippen LogP contribution in [0.3, 0.4) is 0 Å². The van der Waals surface area contributed by atoms with Crippen LogP contribution < -0.4 is 0 Å². The molecule has 0 aromatic rings. The van der Waals surface area contributed by atoms with Crippen LogP contribution in [0.5, 0.6) is 0 Å². The summed E-state index contributed by atoms with van der Waals surface area (Å²) in [6.07, 6.45) is 7.81. The van der Waals surface area contributed by atoms with Crippen molar-refractivity contribution < 1.29 is 15.0 Å². The Balaban J connectivity index is 1.70. The Hall–Kier alpha value is -0.670. The number of aliphatic hydroxyl groups is 2. The van der Waals surface area contributed by atoms with Gasteiger partial charge in [0, 0.05) is 5.92 Å². The zero-order valence-electron chi connectivity index (χ0n) is 16.7. The van der Waals surface area contributed by atoms with Crippen molar-refractivity contribution in [3.63, 3.8) is 0 Å². The van der Waals surface area contributed by atoms with Gasteiger partial charge in [-0.3, -0.25) is 4.79 Å². The van der Waals surface area contributed by atoms with Gasteiger partial charge in [-0.2, -0.15) is 0 Å². The van der Waals surface area contributed by atoms with Crippen molar-refractivity contribution in [2.24, 2.45) is 46.3 Å². The maximum Gasteiger partial charge on any atom is 0.165 e. The molecule has 4 rings (SSSR count). The van der Waals surface area contributed by atoms with E-state index in [1.807, 2.05) is 0 Å². The van der Waals surface area contributed by atoms with Crippen molar-refractivity contribution in [3.05, 3.63) is 12.7 Å². The second kappa shape index (κ2) is 6.17. The molecule has 4 aliphatic carbocycles. The molecule has 10 atom stereocenters. The molecule has 3 heteroatoms. The molecule has 3 nitrogen and oxygen atoms in total. The maximum absolute atomic E-state index is 13.2. The molecule has 0 unspecified atom stereocenters. The lowest BCUT2D eigenvalue weighted by Gasteiger charge is -2.61. The molecule has 26 heavy (non-hydrogen) atoms. The van der Waals surface area contributed by atoms with Crippen molar-refractivity contribution >= 4 is 5.78 Å². The molecule has 2 N–H and O–H groups in total. The fraction of sp³-hybridized carbons (Fsp3) is 0.870. The van der Waals surface area contributed by atoms with E-state index in [4.69, 9.17) is 0 Å². The van der Waals surface area contributed by atoms with Crippen LogP contribution >= 0.6 is 0 Å². The monoisotopic (exact) mass is 360 g/mol. The van der Waals surface area contributed by atoms with Crippen molar-refractivity contribution in [1.29, 1.82) is 0 Å². The average molecular weight is 361 g/mol. The van der Waals surface area contributed by atoms with Gasteiger partial charge in [-0.25, -0.2) is 0 Å². The third-order valence-corrected chi connectivity index (χ3v) is 9.58. The molecule has 4 saturated carbocycles. The molecule has 4 fully saturated rings. The smallest absolute Gasteiger partial charge is 0.165 e. The molecule has 4 aliphatic rings. The summed E-state index contributed by atoms with van der Waals surface area (Å²) in [5, 5.41) is 21.2. The predicted molar refractivity (Wildman–Crippen MR) is 102 cm³/mol. The van der Waals surface area contributed by atoms with Crippen molar-refractivity contribution in [2.45, 2.75) is 77.9 Å². The quantitative estimate of drug-likeness (QED) is 0.733. The Morgan fingerprint density at radius 2 is 1.73 bits per heavy atom. The summed E-state index contributed by atoms with van der Waals surface area (Å²) in [5.74, 6) is 1.95. The Kier molecular flexibility index (Phi) is 4.43. The van der Waals surface area contributed by atoms with Crippen LogP contribution in [-0.2, 0) is 4.79 Å². The molecule has 0 saturated heterocycles. The van der Waals surface area contributed by atoms with Gasteiger partial charge in [0.2, 0.25) is 0 Å². The number of aliphatic hydroxyl groups excluding tert-OH is 2. The zero-order chi connectivity index (χ0) is 18.9. The lowest BCUT2D eigenvalue weighted by atomic mass is 9.43. The van der Waals surface area contributed by atoms with Crippen LogP contribution in [0.15, 0.2) is 12.7 Å². The first-order chi connectivity index (χ1) is 12.2. The minimum atomic E-state index is -0.828. The normalized spacial score (nSPS) is 54.8. The van der Waals surface area contributed by atoms with Crippen LogP contribution in [0.2, 0.25) is 0 Å². The fourth-order valence-corrected chi connectivity index (χ4v) is 8.06. The molecule has 0 heterocycles. The van der Waals surface area contributed by atoms with Gasteiger partial charge in [-0.15, -0.1) is 6.58 Å². The number of rotatable bonds is 2. The SMILES string of the molecule is C=C[C@@H](C)[C@H]1CC[C@H]2[C@@H]3[C@H](O)C(=O)[C@H]4C[C@@H](O)CC[C@]4(C)[C@H]3CC[C@]12C. The zero-order valence-corrected chi connectivity index (χ0v) is 16.7. The standard InChI is InChI=1S/C23H36O3/c1-5-13(2)15-6-7-16-19-17(9-11-22(15,16)3)23(4)10-8-14(24)12-18(23)20(25)21(19)26/h5,13-19,21,24,26H,1,6-12H2,2-4H3/t13-,14+,15-,16+,17+,18-,19+,21+,22-,23-/m1/s1. The molecular formula is C23H36O3. The van der Waals surface area contributed by atoms with Gasteiger partial charge < -0.3 is 10.2 Å². The van der Waals surface area contributed by atoms with Gasteiger partial charge in [0.1, 0.15) is 6.10 Å². The van der Waals surface area contributed by atoms with Crippen LogP contribution in [0.1, 0.15) is 65.7 Å². The number of hydrogen-bond acceptors (Lipinski definition) is 3. The number of carbonyl (C=O) groups excluding carboxylic acids is 1. The van der Waals surface area contributed by atoms with E-state index in [0.29, 0.717) is 30.1 Å². The maximum atomic E-state index is 13.2. The first-order valence-electron chi connectivity index (χ1n) is 10.8. The fourth-order valence-electron chi connectivity index (χ4n) is 8.06. The van der Waals surface area contributed by atoms with Gasteiger partial charge in [-0.1, -0.05) is 26.8 Å². The van der Waals surface area contributed by atoms with E-state index in [1.54, 1.807) is 0 Å². The topological polar surface area (TPSA) is 57.5 Å². The highest BCUT2D eigenvalue weighted by molar-refractivity contribution is 5.87. The summed E-state index contributed by atoms with van der Waals surface area (Å²) in [6, 6.07) is 0. The van der Waals surface area contributed by atoms with E-state index in [2.05, 4.69) is 33.4 Å². The molecule has 146 valence electrons. The molecular weight excluding hydrogens is 324 g/mol.